The van der Waals surface area contributed by atoms with Crippen LogP contribution in [0.4, 0.5) is 4.39 Å². The van der Waals surface area contributed by atoms with Crippen LogP contribution in [0.3, 0.4) is 0 Å². The van der Waals surface area contributed by atoms with Gasteiger partial charge in [-0.15, -0.1) is 0 Å². The third kappa shape index (κ3) is 4.42. The van der Waals surface area contributed by atoms with Gasteiger partial charge in [0.1, 0.15) is 11.5 Å². The first-order chi connectivity index (χ1) is 14.2. The van der Waals surface area contributed by atoms with E-state index in [1.54, 1.807) is 13.0 Å². The van der Waals surface area contributed by atoms with Crippen LogP contribution >= 0.6 is 0 Å². The highest BCUT2D eigenvalue weighted by molar-refractivity contribution is 5.99. The molecule has 1 unspecified atom stereocenters. The van der Waals surface area contributed by atoms with Crippen LogP contribution in [0, 0.1) is 5.82 Å². The van der Waals surface area contributed by atoms with E-state index in [0.717, 1.165) is 6.42 Å². The Kier molecular flexibility index (Phi) is 6.05. The predicted molar refractivity (Wildman–Crippen MR) is 112 cm³/mol. The van der Waals surface area contributed by atoms with Crippen molar-refractivity contribution in [3.8, 4) is 0 Å². The average molecular weight is 409 g/mol. The molecule has 8 heteroatoms. The zero-order valence-electron chi connectivity index (χ0n) is 17.2. The summed E-state index contributed by atoms with van der Waals surface area (Å²) in [7, 11) is 1.52. The van der Waals surface area contributed by atoms with Gasteiger partial charge in [0.15, 0.2) is 11.7 Å². The number of nitrogens with two attached hydrogens (primary N) is 1. The lowest BCUT2D eigenvalue weighted by Gasteiger charge is -2.34. The number of carbonyl (C=O) groups is 2. The van der Waals surface area contributed by atoms with E-state index in [1.807, 2.05) is 19.1 Å². The zero-order chi connectivity index (χ0) is 21.9. The minimum absolute atomic E-state index is 0.0171. The van der Waals surface area contributed by atoms with Gasteiger partial charge in [0.25, 0.3) is 0 Å². The van der Waals surface area contributed by atoms with E-state index in [2.05, 4.69) is 15.0 Å². The van der Waals surface area contributed by atoms with Crippen LogP contribution in [-0.4, -0.2) is 39.6 Å². The maximum atomic E-state index is 14.6. The summed E-state index contributed by atoms with van der Waals surface area (Å²) in [6, 6.07) is 4.38. The van der Waals surface area contributed by atoms with Gasteiger partial charge in [-0.05, 0) is 37.1 Å². The van der Waals surface area contributed by atoms with E-state index in [1.165, 1.54) is 36.5 Å². The number of nitrogens with zero attached hydrogens (tertiary/aromatic N) is 4. The van der Waals surface area contributed by atoms with Gasteiger partial charge >= 0.3 is 0 Å². The van der Waals surface area contributed by atoms with Crippen LogP contribution in [0.25, 0.3) is 6.08 Å². The molecule has 156 valence electrons. The van der Waals surface area contributed by atoms with Crippen molar-refractivity contribution in [2.45, 2.75) is 38.6 Å². The molecule has 1 atom stereocenters. The predicted octanol–water partition coefficient (Wildman–Crippen LogP) is 2.86. The van der Waals surface area contributed by atoms with Gasteiger partial charge in [-0.1, -0.05) is 19.1 Å². The summed E-state index contributed by atoms with van der Waals surface area (Å²) in [5.74, 6) is -0.964. The summed E-state index contributed by atoms with van der Waals surface area (Å²) in [4.78, 5) is 38.8. The van der Waals surface area contributed by atoms with E-state index >= 15 is 0 Å². The van der Waals surface area contributed by atoms with Gasteiger partial charge in [-0.2, -0.15) is 0 Å². The number of benzene rings is 1. The summed E-state index contributed by atoms with van der Waals surface area (Å²) < 4.78 is 14.6. The summed E-state index contributed by atoms with van der Waals surface area (Å²) in [6.45, 7) is 3.67. The molecule has 1 aromatic carbocycles. The SMILES string of the molecule is CC/C=C\c1cnc(C(=O)Cc2ccc(F)c(C3(C)CC(=O)N(C)C(N)=N3)c2)cn1. The number of aromatic nitrogens is 2. The summed E-state index contributed by atoms with van der Waals surface area (Å²) in [5.41, 5.74) is 6.42. The number of hydrogen-bond donors (Lipinski definition) is 1. The Bertz CT molecular complexity index is 1030. The largest absolute Gasteiger partial charge is 0.369 e. The minimum Gasteiger partial charge on any atom is -0.369 e. The van der Waals surface area contributed by atoms with Crippen LogP contribution in [0.5, 0.6) is 0 Å². The lowest BCUT2D eigenvalue weighted by Crippen LogP contribution is -2.47. The van der Waals surface area contributed by atoms with Gasteiger partial charge < -0.3 is 5.73 Å². The molecule has 2 heterocycles. The molecule has 1 aliphatic rings. The molecular formula is C22H24FN5O2. The number of ketones is 1. The summed E-state index contributed by atoms with van der Waals surface area (Å²) >= 11 is 0. The highest BCUT2D eigenvalue weighted by Crippen LogP contribution is 2.35. The molecule has 1 aliphatic heterocycles. The Morgan fingerprint density at radius 2 is 2.10 bits per heavy atom. The molecule has 0 aliphatic carbocycles. The van der Waals surface area contributed by atoms with E-state index in [-0.39, 0.29) is 41.7 Å². The highest BCUT2D eigenvalue weighted by Gasteiger charge is 2.38. The molecular weight excluding hydrogens is 385 g/mol. The van der Waals surface area contributed by atoms with Gasteiger partial charge in [0, 0.05) is 19.0 Å². The smallest absolute Gasteiger partial charge is 0.231 e. The number of hydrogen-bond acceptors (Lipinski definition) is 6. The standard InChI is InChI=1S/C22H24FN5O2/c1-4-5-6-15-12-26-18(13-25-15)19(29)10-14-7-8-17(23)16(9-14)22(2)11-20(30)28(3)21(24)27-22/h5-9,12-13H,4,10-11H2,1-3H3,(H2,24,27)/b6-5-. The number of amides is 1. The van der Waals surface area contributed by atoms with Crippen molar-refractivity contribution < 1.29 is 14.0 Å². The molecule has 0 saturated heterocycles. The Labute approximate surface area is 174 Å². The van der Waals surface area contributed by atoms with Crippen molar-refractivity contribution in [2.24, 2.45) is 10.7 Å². The van der Waals surface area contributed by atoms with Crippen molar-refractivity contribution in [2.75, 3.05) is 7.05 Å². The second-order valence-corrected chi connectivity index (χ2v) is 7.42. The maximum Gasteiger partial charge on any atom is 0.231 e. The molecule has 1 amide bonds. The molecule has 3 rings (SSSR count). The number of halogens is 1. The fraction of sp³-hybridized carbons (Fsp3) is 0.318. The first kappa shape index (κ1) is 21.3. The topological polar surface area (TPSA) is 102 Å². The Morgan fingerprint density at radius 1 is 1.33 bits per heavy atom. The fourth-order valence-electron chi connectivity index (χ4n) is 3.24. The van der Waals surface area contributed by atoms with Gasteiger partial charge in [0.2, 0.25) is 5.91 Å². The molecule has 7 nitrogen and oxygen atoms in total. The number of carbonyl (C=O) groups excluding carboxylic acids is 2. The molecule has 0 radical (unpaired) electrons. The number of guanidine groups is 1. The number of aliphatic imine (C=N–C) groups is 1. The maximum absolute atomic E-state index is 14.6. The van der Waals surface area contributed by atoms with Gasteiger partial charge in [-0.3, -0.25) is 19.5 Å². The molecule has 0 fully saturated rings. The lowest BCUT2D eigenvalue weighted by atomic mass is 9.85. The molecule has 0 spiro atoms. The first-order valence-corrected chi connectivity index (χ1v) is 9.66. The van der Waals surface area contributed by atoms with Crippen molar-refractivity contribution in [1.29, 1.82) is 0 Å². The summed E-state index contributed by atoms with van der Waals surface area (Å²) in [6.07, 6.45) is 7.65. The van der Waals surface area contributed by atoms with Crippen LogP contribution in [0.15, 0.2) is 41.7 Å². The number of Topliss-reactive ketones (excluding diaryl/α,β-unsaturated/α-hetero) is 1. The number of allylic oxidation sites excluding steroid dienone is 1. The molecule has 0 saturated carbocycles. The Morgan fingerprint density at radius 3 is 2.73 bits per heavy atom. The van der Waals surface area contributed by atoms with Crippen LogP contribution in [0.2, 0.25) is 0 Å². The third-order valence-corrected chi connectivity index (χ3v) is 5.03. The third-order valence-electron chi connectivity index (χ3n) is 5.03. The van der Waals surface area contributed by atoms with E-state index in [4.69, 9.17) is 5.73 Å². The van der Waals surface area contributed by atoms with Gasteiger partial charge in [0.05, 0.1) is 30.0 Å². The Hall–Kier alpha value is -3.42. The molecule has 30 heavy (non-hydrogen) atoms. The molecule has 2 aromatic rings. The summed E-state index contributed by atoms with van der Waals surface area (Å²) in [5, 5.41) is 0. The lowest BCUT2D eigenvalue weighted by molar-refractivity contribution is -0.128. The second kappa shape index (κ2) is 8.52. The second-order valence-electron chi connectivity index (χ2n) is 7.42. The van der Waals surface area contributed by atoms with E-state index in [0.29, 0.717) is 11.3 Å². The average Bonchev–Trinajstić information content (AvgIpc) is 2.72. The highest BCUT2D eigenvalue weighted by atomic mass is 19.1. The van der Waals surface area contributed by atoms with E-state index in [9.17, 15) is 14.0 Å². The van der Waals surface area contributed by atoms with Crippen molar-refractivity contribution in [1.82, 2.24) is 14.9 Å². The van der Waals surface area contributed by atoms with Gasteiger partial charge in [-0.25, -0.2) is 14.4 Å². The zero-order valence-corrected chi connectivity index (χ0v) is 17.2. The monoisotopic (exact) mass is 409 g/mol. The van der Waals surface area contributed by atoms with Crippen LogP contribution in [0.1, 0.15) is 54.0 Å². The fourth-order valence-corrected chi connectivity index (χ4v) is 3.24. The minimum atomic E-state index is -1.14. The van der Waals surface area contributed by atoms with Crippen LogP contribution < -0.4 is 5.73 Å². The molecule has 1 aromatic heterocycles. The van der Waals surface area contributed by atoms with Crippen molar-refractivity contribution in [3.63, 3.8) is 0 Å². The first-order valence-electron chi connectivity index (χ1n) is 9.66. The van der Waals surface area contributed by atoms with Crippen molar-refractivity contribution in [3.05, 3.63) is 65.0 Å². The van der Waals surface area contributed by atoms with Crippen molar-refractivity contribution >= 4 is 23.7 Å². The Balaban J connectivity index is 1.84. The van der Waals surface area contributed by atoms with Crippen LogP contribution in [-0.2, 0) is 16.8 Å². The normalized spacial score (nSPS) is 19.3. The molecule has 2 N–H and O–H groups in total. The molecule has 0 bridgehead atoms. The van der Waals surface area contributed by atoms with E-state index < -0.39 is 11.4 Å². The quantitative estimate of drug-likeness (QED) is 0.739. The number of rotatable bonds is 6.